The zero-order chi connectivity index (χ0) is 12.3. The van der Waals surface area contributed by atoms with Gasteiger partial charge in [0.15, 0.2) is 0 Å². The third-order valence-electron chi connectivity index (χ3n) is 2.66. The molecule has 2 N–H and O–H groups in total. The third kappa shape index (κ3) is 3.35. The van der Waals surface area contributed by atoms with Crippen LogP contribution in [-0.2, 0) is 4.74 Å². The summed E-state index contributed by atoms with van der Waals surface area (Å²) in [4.78, 5) is 13.5. The first-order valence-corrected chi connectivity index (χ1v) is 5.65. The summed E-state index contributed by atoms with van der Waals surface area (Å²) in [6.45, 7) is 6.09. The number of ether oxygens (including phenoxy) is 1. The summed E-state index contributed by atoms with van der Waals surface area (Å²) in [7, 11) is 1.86. The molecule has 1 amide bonds. The van der Waals surface area contributed by atoms with Gasteiger partial charge in [0.2, 0.25) is 0 Å². The topological polar surface area (TPSA) is 61.8 Å². The molecule has 0 radical (unpaired) electrons. The second-order valence-corrected chi connectivity index (χ2v) is 5.19. The van der Waals surface area contributed by atoms with Crippen LogP contribution in [0, 0.1) is 0 Å². The maximum absolute atomic E-state index is 11.9. The molecule has 0 aromatic carbocycles. The maximum atomic E-state index is 11.9. The fourth-order valence-electron chi connectivity index (χ4n) is 1.84. The second kappa shape index (κ2) is 5.01. The lowest BCUT2D eigenvalue weighted by Gasteiger charge is -2.27. The first-order chi connectivity index (χ1) is 7.37. The fraction of sp³-hybridized carbons (Fsp3) is 0.909. The van der Waals surface area contributed by atoms with E-state index in [2.05, 4.69) is 5.32 Å². The minimum absolute atomic E-state index is 0.0164. The number of nitrogens with zero attached hydrogens (tertiary/aromatic N) is 1. The van der Waals surface area contributed by atoms with Gasteiger partial charge in [0.1, 0.15) is 5.60 Å². The molecule has 1 rings (SSSR count). The van der Waals surface area contributed by atoms with Gasteiger partial charge >= 0.3 is 6.09 Å². The highest BCUT2D eigenvalue weighted by molar-refractivity contribution is 5.69. The molecule has 0 saturated carbocycles. The first kappa shape index (κ1) is 13.3. The number of hydrogen-bond donors (Lipinski definition) is 2. The Morgan fingerprint density at radius 2 is 2.19 bits per heavy atom. The van der Waals surface area contributed by atoms with Crippen LogP contribution in [0.15, 0.2) is 0 Å². The Labute approximate surface area is 96.8 Å². The molecular formula is C11H22N2O3. The van der Waals surface area contributed by atoms with Crippen LogP contribution in [0.25, 0.3) is 0 Å². The summed E-state index contributed by atoms with van der Waals surface area (Å²) >= 11 is 0. The van der Waals surface area contributed by atoms with Crippen LogP contribution in [0.1, 0.15) is 27.2 Å². The minimum Gasteiger partial charge on any atom is -0.444 e. The van der Waals surface area contributed by atoms with Crippen molar-refractivity contribution >= 4 is 6.09 Å². The summed E-state index contributed by atoms with van der Waals surface area (Å²) in [6, 6.07) is 0.108. The third-order valence-corrected chi connectivity index (χ3v) is 2.66. The van der Waals surface area contributed by atoms with Crippen molar-refractivity contribution < 1.29 is 14.6 Å². The van der Waals surface area contributed by atoms with Crippen molar-refractivity contribution in [3.63, 3.8) is 0 Å². The molecule has 1 aliphatic heterocycles. The van der Waals surface area contributed by atoms with E-state index in [0.717, 1.165) is 6.42 Å². The zero-order valence-corrected chi connectivity index (χ0v) is 10.5. The van der Waals surface area contributed by atoms with E-state index in [4.69, 9.17) is 4.74 Å². The van der Waals surface area contributed by atoms with Gasteiger partial charge in [0.25, 0.3) is 0 Å². The Balaban J connectivity index is 2.61. The number of likely N-dealkylation sites (N-methyl/N-ethyl adjacent to an activating group) is 1. The van der Waals surface area contributed by atoms with Gasteiger partial charge in [-0.1, -0.05) is 0 Å². The van der Waals surface area contributed by atoms with Crippen molar-refractivity contribution in [3.8, 4) is 0 Å². The largest absolute Gasteiger partial charge is 0.444 e. The number of carbonyl (C=O) groups is 1. The summed E-state index contributed by atoms with van der Waals surface area (Å²) < 4.78 is 5.29. The molecule has 5 nitrogen and oxygen atoms in total. The molecule has 1 aliphatic rings. The molecular weight excluding hydrogens is 208 g/mol. The van der Waals surface area contributed by atoms with Crippen LogP contribution in [0.4, 0.5) is 4.79 Å². The number of carbonyl (C=O) groups excluding carboxylic acids is 1. The van der Waals surface area contributed by atoms with Gasteiger partial charge in [-0.25, -0.2) is 4.79 Å². The van der Waals surface area contributed by atoms with Crippen molar-refractivity contribution in [2.45, 2.75) is 44.9 Å². The Morgan fingerprint density at radius 1 is 1.56 bits per heavy atom. The van der Waals surface area contributed by atoms with E-state index < -0.39 is 5.60 Å². The van der Waals surface area contributed by atoms with Crippen LogP contribution in [-0.4, -0.2) is 54.0 Å². The Bertz CT molecular complexity index is 250. The Hall–Kier alpha value is -0.810. The molecule has 0 aromatic rings. The lowest BCUT2D eigenvalue weighted by Crippen LogP contribution is -2.42. The molecule has 5 heteroatoms. The number of nitrogens with one attached hydrogen (secondary N) is 1. The van der Waals surface area contributed by atoms with Gasteiger partial charge in [0, 0.05) is 12.6 Å². The normalized spacial score (nSPS) is 25.9. The lowest BCUT2D eigenvalue weighted by atomic mass is 10.2. The molecule has 2 atom stereocenters. The fourth-order valence-corrected chi connectivity index (χ4v) is 1.84. The molecule has 1 saturated heterocycles. The monoisotopic (exact) mass is 230 g/mol. The van der Waals surface area contributed by atoms with Gasteiger partial charge in [-0.05, 0) is 34.2 Å². The Kier molecular flexibility index (Phi) is 4.15. The van der Waals surface area contributed by atoms with Crippen LogP contribution in [0.5, 0.6) is 0 Å². The number of likely N-dealkylation sites (tertiary alicyclic amines) is 1. The van der Waals surface area contributed by atoms with E-state index in [0.29, 0.717) is 6.54 Å². The highest BCUT2D eigenvalue weighted by atomic mass is 16.6. The summed E-state index contributed by atoms with van der Waals surface area (Å²) in [5.41, 5.74) is -0.491. The van der Waals surface area contributed by atoms with Crippen LogP contribution >= 0.6 is 0 Å². The molecule has 0 bridgehead atoms. The molecule has 0 unspecified atom stereocenters. The van der Waals surface area contributed by atoms with Crippen LogP contribution in [0.2, 0.25) is 0 Å². The molecule has 94 valence electrons. The number of aliphatic hydroxyl groups excluding tert-OH is 1. The average molecular weight is 230 g/mol. The summed E-state index contributed by atoms with van der Waals surface area (Å²) in [5, 5.41) is 12.3. The van der Waals surface area contributed by atoms with E-state index in [9.17, 15) is 9.90 Å². The molecule has 0 spiro atoms. The van der Waals surface area contributed by atoms with Gasteiger partial charge in [0.05, 0.1) is 12.6 Å². The molecule has 0 aliphatic carbocycles. The summed E-state index contributed by atoms with van der Waals surface area (Å²) in [5.74, 6) is 0. The number of aliphatic hydroxyl groups is 1. The number of rotatable bonds is 2. The first-order valence-electron chi connectivity index (χ1n) is 5.65. The standard InChI is InChI=1S/C11H22N2O3/c1-11(2,3)16-10(15)13-6-8(12-4)5-9(13)7-14/h8-9,12,14H,5-7H2,1-4H3/t8-,9+/m0/s1. The van der Waals surface area contributed by atoms with Crippen molar-refractivity contribution in [2.75, 3.05) is 20.2 Å². The van der Waals surface area contributed by atoms with Gasteiger partial charge in [-0.2, -0.15) is 0 Å². The Morgan fingerprint density at radius 3 is 2.62 bits per heavy atom. The number of hydrogen-bond acceptors (Lipinski definition) is 4. The van der Waals surface area contributed by atoms with E-state index in [1.165, 1.54) is 0 Å². The summed E-state index contributed by atoms with van der Waals surface area (Å²) in [6.07, 6.45) is 0.427. The van der Waals surface area contributed by atoms with E-state index in [1.54, 1.807) is 4.90 Å². The van der Waals surface area contributed by atoms with Crippen molar-refractivity contribution in [1.29, 1.82) is 0 Å². The average Bonchev–Trinajstić information content (AvgIpc) is 2.58. The predicted octanol–water partition coefficient (Wildman–Crippen LogP) is 0.576. The molecule has 1 fully saturated rings. The maximum Gasteiger partial charge on any atom is 0.410 e. The van der Waals surface area contributed by atoms with Gasteiger partial charge in [-0.15, -0.1) is 0 Å². The SMILES string of the molecule is CN[C@H]1C[C@H](CO)N(C(=O)OC(C)(C)C)C1. The van der Waals surface area contributed by atoms with Crippen LogP contribution < -0.4 is 5.32 Å². The highest BCUT2D eigenvalue weighted by Crippen LogP contribution is 2.20. The molecule has 16 heavy (non-hydrogen) atoms. The van der Waals surface area contributed by atoms with Gasteiger partial charge in [-0.3, -0.25) is 0 Å². The molecule has 1 heterocycles. The van der Waals surface area contributed by atoms with E-state index in [-0.39, 0.29) is 24.8 Å². The van der Waals surface area contributed by atoms with E-state index >= 15 is 0 Å². The van der Waals surface area contributed by atoms with E-state index in [1.807, 2.05) is 27.8 Å². The van der Waals surface area contributed by atoms with Crippen molar-refractivity contribution in [3.05, 3.63) is 0 Å². The highest BCUT2D eigenvalue weighted by Gasteiger charge is 2.36. The smallest absolute Gasteiger partial charge is 0.410 e. The predicted molar refractivity (Wildman–Crippen MR) is 61.3 cm³/mol. The van der Waals surface area contributed by atoms with Crippen molar-refractivity contribution in [2.24, 2.45) is 0 Å². The van der Waals surface area contributed by atoms with Gasteiger partial charge < -0.3 is 20.1 Å². The molecule has 0 aromatic heterocycles. The zero-order valence-electron chi connectivity index (χ0n) is 10.5. The quantitative estimate of drug-likeness (QED) is 0.728. The minimum atomic E-state index is -0.491. The number of amides is 1. The second-order valence-electron chi connectivity index (χ2n) is 5.19. The lowest BCUT2D eigenvalue weighted by molar-refractivity contribution is 0.0174. The van der Waals surface area contributed by atoms with Crippen LogP contribution in [0.3, 0.4) is 0 Å². The van der Waals surface area contributed by atoms with Crippen molar-refractivity contribution in [1.82, 2.24) is 10.2 Å².